The summed E-state index contributed by atoms with van der Waals surface area (Å²) in [5.74, 6) is 0. The van der Waals surface area contributed by atoms with Crippen LogP contribution in [0.3, 0.4) is 0 Å². The maximum atomic E-state index is 10.8. The van der Waals surface area contributed by atoms with Gasteiger partial charge in [-0.3, -0.25) is 0 Å². The molecule has 1 N–H and O–H groups in total. The van der Waals surface area contributed by atoms with Crippen molar-refractivity contribution < 1.29 is 24.1 Å². The quantitative estimate of drug-likeness (QED) is 0.439. The third-order valence-corrected chi connectivity index (χ3v) is 5.27. The molecule has 152 valence electrons. The Kier molecular flexibility index (Phi) is 6.41. The number of rotatable bonds is 7. The number of hydrogen-bond donors (Lipinski definition) is 1. The van der Waals surface area contributed by atoms with Gasteiger partial charge in [-0.15, -0.1) is 0 Å². The summed E-state index contributed by atoms with van der Waals surface area (Å²) >= 11 is 0. The molecule has 29 heavy (non-hydrogen) atoms. The van der Waals surface area contributed by atoms with E-state index >= 15 is 0 Å². The largest absolute Gasteiger partial charge is 0.388 e. The molecule has 1 heterocycles. The van der Waals surface area contributed by atoms with Gasteiger partial charge in [-0.2, -0.15) is 0 Å². The number of nitrogens with zero attached hydrogens (tertiary/aromatic N) is 3. The van der Waals surface area contributed by atoms with E-state index in [-0.39, 0.29) is 13.4 Å². The molecule has 2 aromatic carbocycles. The van der Waals surface area contributed by atoms with Gasteiger partial charge in [0.05, 0.1) is 31.5 Å². The summed E-state index contributed by atoms with van der Waals surface area (Å²) in [5.41, 5.74) is 11.1. The zero-order chi connectivity index (χ0) is 20.1. The van der Waals surface area contributed by atoms with Crippen molar-refractivity contribution in [3.05, 3.63) is 82.2 Å². The molecule has 1 saturated carbocycles. The summed E-state index contributed by atoms with van der Waals surface area (Å²) in [6.45, 7) is 0.632. The van der Waals surface area contributed by atoms with E-state index in [0.29, 0.717) is 6.61 Å². The summed E-state index contributed by atoms with van der Waals surface area (Å²) in [4.78, 5) is 2.98. The number of benzene rings is 2. The van der Waals surface area contributed by atoms with Crippen molar-refractivity contribution in [1.82, 2.24) is 0 Å². The number of aliphatic hydroxyl groups excluding tert-OH is 1. The van der Waals surface area contributed by atoms with Crippen molar-refractivity contribution in [2.24, 2.45) is 5.11 Å². The fraction of sp³-hybridized carbons (Fsp3) is 0.429. The van der Waals surface area contributed by atoms with Crippen LogP contribution in [0.15, 0.2) is 65.8 Å². The van der Waals surface area contributed by atoms with Crippen LogP contribution in [-0.4, -0.2) is 48.5 Å². The minimum Gasteiger partial charge on any atom is -0.388 e. The van der Waals surface area contributed by atoms with E-state index in [4.69, 9.17) is 24.5 Å². The summed E-state index contributed by atoms with van der Waals surface area (Å²) in [6, 6.07) is 18.5. The number of ether oxygens (including phenoxy) is 4. The molecule has 1 saturated heterocycles. The molecule has 1 aliphatic heterocycles. The van der Waals surface area contributed by atoms with Crippen LogP contribution in [0.4, 0.5) is 0 Å². The van der Waals surface area contributed by atoms with Crippen LogP contribution in [0, 0.1) is 0 Å². The monoisotopic (exact) mass is 397 g/mol. The van der Waals surface area contributed by atoms with Gasteiger partial charge in [0.1, 0.15) is 25.1 Å². The molecular formula is C21H23N3O5. The lowest BCUT2D eigenvalue weighted by Gasteiger charge is -2.43. The second-order valence-corrected chi connectivity index (χ2v) is 7.09. The van der Waals surface area contributed by atoms with Crippen molar-refractivity contribution in [3.8, 4) is 0 Å². The third-order valence-electron chi connectivity index (χ3n) is 5.27. The topological polar surface area (TPSA) is 106 Å². The Morgan fingerprint density at radius 3 is 2.03 bits per heavy atom. The molecule has 0 amide bonds. The molecule has 6 atom stereocenters. The van der Waals surface area contributed by atoms with E-state index in [0.717, 1.165) is 11.1 Å². The van der Waals surface area contributed by atoms with Crippen LogP contribution < -0.4 is 0 Å². The molecule has 0 radical (unpaired) electrons. The first kappa shape index (κ1) is 19.8. The standard InChI is InChI=1S/C21H23N3O5/c22-24-23-16-18(26-11-14-7-3-1-4-8-14)17(25)20-21(29-13-28-20)19(16)27-12-15-9-5-2-6-10-15/h1-10,16-21,25H,11-13H2/t16-,17-,18+,19-,20-,21+/m1/s1. The third kappa shape index (κ3) is 4.43. The van der Waals surface area contributed by atoms with Crippen molar-refractivity contribution in [2.75, 3.05) is 6.79 Å². The molecule has 2 aliphatic rings. The Bertz CT molecular complexity index is 831. The zero-order valence-electron chi connectivity index (χ0n) is 15.8. The van der Waals surface area contributed by atoms with E-state index in [1.807, 2.05) is 60.7 Å². The number of azide groups is 1. The first-order chi connectivity index (χ1) is 14.3. The van der Waals surface area contributed by atoms with Gasteiger partial charge in [-0.05, 0) is 16.7 Å². The fourth-order valence-corrected chi connectivity index (χ4v) is 3.85. The van der Waals surface area contributed by atoms with Gasteiger partial charge in [0, 0.05) is 4.91 Å². The second-order valence-electron chi connectivity index (χ2n) is 7.09. The first-order valence-electron chi connectivity index (χ1n) is 9.54. The molecule has 0 unspecified atom stereocenters. The predicted octanol–water partition coefficient (Wildman–Crippen LogP) is 2.95. The van der Waals surface area contributed by atoms with Crippen LogP contribution in [0.1, 0.15) is 11.1 Å². The van der Waals surface area contributed by atoms with Crippen molar-refractivity contribution in [3.63, 3.8) is 0 Å². The average Bonchev–Trinajstić information content (AvgIpc) is 3.25. The van der Waals surface area contributed by atoms with Gasteiger partial charge in [0.15, 0.2) is 0 Å². The summed E-state index contributed by atoms with van der Waals surface area (Å²) in [7, 11) is 0. The van der Waals surface area contributed by atoms with Crippen LogP contribution in [0.2, 0.25) is 0 Å². The molecule has 4 rings (SSSR count). The first-order valence-corrected chi connectivity index (χ1v) is 9.54. The van der Waals surface area contributed by atoms with E-state index < -0.39 is 36.6 Å². The van der Waals surface area contributed by atoms with Gasteiger partial charge < -0.3 is 24.1 Å². The maximum Gasteiger partial charge on any atom is 0.148 e. The fourth-order valence-electron chi connectivity index (χ4n) is 3.85. The maximum absolute atomic E-state index is 10.8. The Morgan fingerprint density at radius 2 is 1.45 bits per heavy atom. The highest BCUT2D eigenvalue weighted by molar-refractivity contribution is 5.15. The number of fused-ring (bicyclic) bond motifs is 1. The average molecular weight is 397 g/mol. The van der Waals surface area contributed by atoms with Gasteiger partial charge in [-0.25, -0.2) is 0 Å². The normalized spacial score (nSPS) is 31.1. The van der Waals surface area contributed by atoms with E-state index in [1.165, 1.54) is 0 Å². The summed E-state index contributed by atoms with van der Waals surface area (Å²) in [6.07, 6.45) is -3.54. The van der Waals surface area contributed by atoms with Crippen LogP contribution in [0.5, 0.6) is 0 Å². The van der Waals surface area contributed by atoms with Crippen LogP contribution in [-0.2, 0) is 32.2 Å². The SMILES string of the molecule is [N-]=[N+]=N[C@@H]1[C@H](OCc2ccccc2)[C@@H](O)[C@H]2OCO[C@H]2[C@@H]1OCc1ccccc1. The van der Waals surface area contributed by atoms with Gasteiger partial charge in [0.25, 0.3) is 0 Å². The molecule has 8 nitrogen and oxygen atoms in total. The summed E-state index contributed by atoms with van der Waals surface area (Å²) in [5, 5.41) is 14.8. The number of hydrogen-bond acceptors (Lipinski definition) is 6. The highest BCUT2D eigenvalue weighted by Crippen LogP contribution is 2.35. The molecule has 0 spiro atoms. The minimum absolute atomic E-state index is 0.0476. The minimum atomic E-state index is -1.00. The molecule has 2 aromatic rings. The lowest BCUT2D eigenvalue weighted by atomic mass is 9.83. The molecule has 2 fully saturated rings. The second kappa shape index (κ2) is 9.37. The Labute approximate surface area is 168 Å². The van der Waals surface area contributed by atoms with Gasteiger partial charge in [-0.1, -0.05) is 65.8 Å². The van der Waals surface area contributed by atoms with Crippen molar-refractivity contribution in [1.29, 1.82) is 0 Å². The highest BCUT2D eigenvalue weighted by Gasteiger charge is 2.55. The Morgan fingerprint density at radius 1 is 0.897 bits per heavy atom. The Balaban J connectivity index is 1.54. The Hall–Kier alpha value is -2.45. The highest BCUT2D eigenvalue weighted by atomic mass is 16.7. The van der Waals surface area contributed by atoms with Crippen molar-refractivity contribution >= 4 is 0 Å². The molecule has 8 heteroatoms. The van der Waals surface area contributed by atoms with Crippen molar-refractivity contribution in [2.45, 2.75) is 49.8 Å². The molecular weight excluding hydrogens is 374 g/mol. The van der Waals surface area contributed by atoms with Crippen LogP contribution in [0.25, 0.3) is 10.4 Å². The lowest BCUT2D eigenvalue weighted by molar-refractivity contribution is -0.181. The van der Waals surface area contributed by atoms with E-state index in [9.17, 15) is 5.11 Å². The zero-order valence-corrected chi connectivity index (χ0v) is 15.8. The lowest BCUT2D eigenvalue weighted by Crippen LogP contribution is -2.63. The summed E-state index contributed by atoms with van der Waals surface area (Å²) < 4.78 is 23.4. The molecule has 0 bridgehead atoms. The molecule has 1 aliphatic carbocycles. The van der Waals surface area contributed by atoms with Gasteiger partial charge in [0.2, 0.25) is 0 Å². The number of aliphatic hydroxyl groups is 1. The van der Waals surface area contributed by atoms with E-state index in [2.05, 4.69) is 10.0 Å². The molecule has 0 aromatic heterocycles. The van der Waals surface area contributed by atoms with Gasteiger partial charge >= 0.3 is 0 Å². The predicted molar refractivity (Wildman–Crippen MR) is 104 cm³/mol. The smallest absolute Gasteiger partial charge is 0.148 e. The van der Waals surface area contributed by atoms with E-state index in [1.54, 1.807) is 0 Å². The van der Waals surface area contributed by atoms with Crippen LogP contribution >= 0.6 is 0 Å².